The second-order valence-electron chi connectivity index (χ2n) is 10.1. The van der Waals surface area contributed by atoms with Gasteiger partial charge in [0.1, 0.15) is 0 Å². The summed E-state index contributed by atoms with van der Waals surface area (Å²) in [4.78, 5) is 22.0. The molecule has 2 unspecified atom stereocenters. The maximum Gasteiger partial charge on any atom is 0.225 e. The molecule has 2 saturated heterocycles. The minimum Gasteiger partial charge on any atom is -0.355 e. The van der Waals surface area contributed by atoms with E-state index in [0.29, 0.717) is 23.9 Å². The van der Waals surface area contributed by atoms with Crippen LogP contribution in [-0.2, 0) is 4.79 Å². The van der Waals surface area contributed by atoms with Crippen LogP contribution in [-0.4, -0.2) is 73.5 Å². The van der Waals surface area contributed by atoms with E-state index in [1.165, 1.54) is 70.9 Å². The molecule has 0 aromatic heterocycles. The molecule has 30 heavy (non-hydrogen) atoms. The Hall–Kier alpha value is -1.30. The first-order chi connectivity index (χ1) is 14.7. The molecule has 2 atom stereocenters. The van der Waals surface area contributed by atoms with Crippen LogP contribution in [0.1, 0.15) is 77.0 Å². The Balaban J connectivity index is 1.19. The van der Waals surface area contributed by atoms with Crippen molar-refractivity contribution in [3.63, 3.8) is 0 Å². The lowest BCUT2D eigenvalue weighted by Gasteiger charge is -2.31. The molecule has 170 valence electrons. The van der Waals surface area contributed by atoms with E-state index in [-0.39, 0.29) is 0 Å². The van der Waals surface area contributed by atoms with Crippen LogP contribution in [0, 0.1) is 11.8 Å². The molecule has 2 aliphatic heterocycles. The standard InChI is InChI=1S/C24H43N5O/c1-25-24(27-21-13-15-29(18-21)23(30)20-10-5-6-11-20)26-16-22-12-7-14-28(22)17-19-8-3-2-4-9-19/h19-22H,2-18H2,1H3,(H2,25,26,27). The molecule has 4 fully saturated rings. The van der Waals surface area contributed by atoms with Gasteiger partial charge in [-0.2, -0.15) is 0 Å². The summed E-state index contributed by atoms with van der Waals surface area (Å²) in [5, 5.41) is 7.19. The molecule has 2 aliphatic carbocycles. The van der Waals surface area contributed by atoms with E-state index in [9.17, 15) is 4.79 Å². The van der Waals surface area contributed by atoms with E-state index >= 15 is 0 Å². The number of amides is 1. The maximum absolute atomic E-state index is 12.7. The van der Waals surface area contributed by atoms with Gasteiger partial charge >= 0.3 is 0 Å². The van der Waals surface area contributed by atoms with Crippen LogP contribution in [0.4, 0.5) is 0 Å². The van der Waals surface area contributed by atoms with Gasteiger partial charge in [0.2, 0.25) is 5.91 Å². The molecule has 2 N–H and O–H groups in total. The summed E-state index contributed by atoms with van der Waals surface area (Å²) >= 11 is 0. The molecule has 1 amide bonds. The first-order valence-electron chi connectivity index (χ1n) is 12.7. The van der Waals surface area contributed by atoms with Gasteiger partial charge in [-0.1, -0.05) is 32.1 Å². The fourth-order valence-electron chi connectivity index (χ4n) is 6.18. The van der Waals surface area contributed by atoms with E-state index in [4.69, 9.17) is 0 Å². The Morgan fingerprint density at radius 1 is 0.933 bits per heavy atom. The van der Waals surface area contributed by atoms with Crippen molar-refractivity contribution in [2.45, 2.75) is 89.1 Å². The largest absolute Gasteiger partial charge is 0.355 e. The molecule has 0 radical (unpaired) electrons. The third-order valence-corrected chi connectivity index (χ3v) is 7.99. The molecule has 4 aliphatic rings. The van der Waals surface area contributed by atoms with Gasteiger partial charge in [0.15, 0.2) is 5.96 Å². The van der Waals surface area contributed by atoms with Crippen LogP contribution in [0.2, 0.25) is 0 Å². The normalized spacial score (nSPS) is 29.6. The van der Waals surface area contributed by atoms with Crippen LogP contribution in [0.5, 0.6) is 0 Å². The predicted molar refractivity (Wildman–Crippen MR) is 123 cm³/mol. The highest BCUT2D eigenvalue weighted by atomic mass is 16.2. The Labute approximate surface area is 183 Å². The highest BCUT2D eigenvalue weighted by molar-refractivity contribution is 5.81. The Kier molecular flexibility index (Phi) is 7.91. The predicted octanol–water partition coefficient (Wildman–Crippen LogP) is 2.99. The monoisotopic (exact) mass is 417 g/mol. The van der Waals surface area contributed by atoms with E-state index in [0.717, 1.165) is 50.8 Å². The topological polar surface area (TPSA) is 60.0 Å². The fourth-order valence-corrected chi connectivity index (χ4v) is 6.18. The SMILES string of the molecule is CN=C(NCC1CCCN1CC1CCCCC1)NC1CCN(C(=O)C2CCCC2)C1. The fraction of sp³-hybridized carbons (Fsp3) is 0.917. The summed E-state index contributed by atoms with van der Waals surface area (Å²) in [7, 11) is 1.86. The minimum absolute atomic E-state index is 0.290. The van der Waals surface area contributed by atoms with Crippen molar-refractivity contribution < 1.29 is 4.79 Å². The number of hydrogen-bond acceptors (Lipinski definition) is 3. The van der Waals surface area contributed by atoms with Crippen molar-refractivity contribution in [3.8, 4) is 0 Å². The Bertz CT molecular complexity index is 582. The van der Waals surface area contributed by atoms with Gasteiger partial charge in [0.05, 0.1) is 0 Å². The summed E-state index contributed by atoms with van der Waals surface area (Å²) in [6.07, 6.45) is 15.4. The molecule has 0 aromatic carbocycles. The molecule has 0 bridgehead atoms. The van der Waals surface area contributed by atoms with Crippen molar-refractivity contribution in [3.05, 3.63) is 0 Å². The lowest BCUT2D eigenvalue weighted by atomic mass is 9.89. The van der Waals surface area contributed by atoms with Crippen LogP contribution >= 0.6 is 0 Å². The molecule has 4 rings (SSSR count). The van der Waals surface area contributed by atoms with E-state index in [1.807, 2.05) is 7.05 Å². The number of carbonyl (C=O) groups excluding carboxylic acids is 1. The number of guanidine groups is 1. The third-order valence-electron chi connectivity index (χ3n) is 7.99. The zero-order valence-electron chi connectivity index (χ0n) is 19.1. The Morgan fingerprint density at radius 2 is 1.70 bits per heavy atom. The van der Waals surface area contributed by atoms with E-state index in [1.54, 1.807) is 0 Å². The van der Waals surface area contributed by atoms with Gasteiger partial charge < -0.3 is 15.5 Å². The molecule has 6 nitrogen and oxygen atoms in total. The van der Waals surface area contributed by atoms with Gasteiger partial charge in [-0.05, 0) is 57.4 Å². The summed E-state index contributed by atoms with van der Waals surface area (Å²) in [5.41, 5.74) is 0. The van der Waals surface area contributed by atoms with Crippen LogP contribution in [0.25, 0.3) is 0 Å². The number of aliphatic imine (C=N–C) groups is 1. The van der Waals surface area contributed by atoms with Gasteiger partial charge in [0, 0.05) is 51.2 Å². The first-order valence-corrected chi connectivity index (χ1v) is 12.7. The average Bonchev–Trinajstić information content (AvgIpc) is 3.54. The van der Waals surface area contributed by atoms with Gasteiger partial charge in [0.25, 0.3) is 0 Å². The van der Waals surface area contributed by atoms with Crippen LogP contribution in [0.3, 0.4) is 0 Å². The third kappa shape index (κ3) is 5.68. The second-order valence-corrected chi connectivity index (χ2v) is 10.1. The van der Waals surface area contributed by atoms with E-state index < -0.39 is 0 Å². The van der Waals surface area contributed by atoms with Gasteiger partial charge in [-0.3, -0.25) is 14.7 Å². The van der Waals surface area contributed by atoms with E-state index in [2.05, 4.69) is 25.4 Å². The number of nitrogens with one attached hydrogen (secondary N) is 2. The van der Waals surface area contributed by atoms with Crippen molar-refractivity contribution in [1.82, 2.24) is 20.4 Å². The number of rotatable bonds is 6. The summed E-state index contributed by atoms with van der Waals surface area (Å²) in [6.45, 7) is 5.24. The molecule has 0 spiro atoms. The number of nitrogens with zero attached hydrogens (tertiary/aromatic N) is 3. The molecule has 2 heterocycles. The van der Waals surface area contributed by atoms with Gasteiger partial charge in [-0.15, -0.1) is 0 Å². The molecule has 6 heteroatoms. The smallest absolute Gasteiger partial charge is 0.225 e. The summed E-state index contributed by atoms with van der Waals surface area (Å²) < 4.78 is 0. The summed E-state index contributed by atoms with van der Waals surface area (Å²) in [6, 6.07) is 0.956. The van der Waals surface area contributed by atoms with Crippen molar-refractivity contribution in [2.24, 2.45) is 16.8 Å². The maximum atomic E-state index is 12.7. The summed E-state index contributed by atoms with van der Waals surface area (Å²) in [5.74, 6) is 2.50. The number of carbonyl (C=O) groups is 1. The number of hydrogen-bond donors (Lipinski definition) is 2. The average molecular weight is 418 g/mol. The lowest BCUT2D eigenvalue weighted by molar-refractivity contribution is -0.134. The lowest BCUT2D eigenvalue weighted by Crippen LogP contribution is -2.49. The highest BCUT2D eigenvalue weighted by Gasteiger charge is 2.33. The molecular formula is C24H43N5O. The van der Waals surface area contributed by atoms with Gasteiger partial charge in [-0.25, -0.2) is 0 Å². The minimum atomic E-state index is 0.290. The first kappa shape index (κ1) is 21.9. The highest BCUT2D eigenvalue weighted by Crippen LogP contribution is 2.28. The number of likely N-dealkylation sites (tertiary alicyclic amines) is 2. The Morgan fingerprint density at radius 3 is 2.47 bits per heavy atom. The van der Waals surface area contributed by atoms with Crippen LogP contribution in [0.15, 0.2) is 4.99 Å². The van der Waals surface area contributed by atoms with Crippen molar-refractivity contribution in [2.75, 3.05) is 39.8 Å². The quantitative estimate of drug-likeness (QED) is 0.515. The molecular weight excluding hydrogens is 374 g/mol. The second kappa shape index (κ2) is 10.8. The van der Waals surface area contributed by atoms with Crippen molar-refractivity contribution >= 4 is 11.9 Å². The van der Waals surface area contributed by atoms with Crippen LogP contribution < -0.4 is 10.6 Å². The zero-order chi connectivity index (χ0) is 20.8. The molecule has 0 aromatic rings. The zero-order valence-corrected chi connectivity index (χ0v) is 19.1. The molecule has 2 saturated carbocycles. The van der Waals surface area contributed by atoms with Crippen molar-refractivity contribution in [1.29, 1.82) is 0 Å².